The Morgan fingerprint density at radius 1 is 0.939 bits per heavy atom. The minimum atomic E-state index is -1.25. The van der Waals surface area contributed by atoms with Crippen molar-refractivity contribution >= 4 is 40.6 Å². The number of nitrogens with two attached hydrogens (primary N) is 1. The highest BCUT2D eigenvalue weighted by molar-refractivity contribution is 8.13. The molecule has 8 N–H and O–H groups in total. The molecule has 4 aliphatic carbocycles. The fourth-order valence-corrected chi connectivity index (χ4v) is 11.6. The summed E-state index contributed by atoms with van der Waals surface area (Å²) in [6.45, 7) is 6.77. The number of rotatable bonds is 16. The highest BCUT2D eigenvalue weighted by Gasteiger charge is 2.62. The van der Waals surface area contributed by atoms with Crippen LogP contribution in [-0.4, -0.2) is 86.4 Å². The van der Waals surface area contributed by atoms with Crippen molar-refractivity contribution in [2.75, 3.05) is 18.9 Å². The molecule has 12 nitrogen and oxygen atoms in total. The Morgan fingerprint density at radius 2 is 1.63 bits per heavy atom. The summed E-state index contributed by atoms with van der Waals surface area (Å²) < 4.78 is 0. The third-order valence-corrected chi connectivity index (χ3v) is 14.4. The summed E-state index contributed by atoms with van der Waals surface area (Å²) in [5.41, 5.74) is 5.89. The number of hydrogen-bond acceptors (Lipinski definition) is 9. The monoisotopic (exact) mass is 709 g/mol. The second-order valence-electron chi connectivity index (χ2n) is 16.1. The lowest BCUT2D eigenvalue weighted by atomic mass is 9.42. The molecular weight excluding hydrogens is 650 g/mol. The number of thioether (sulfide) groups is 1. The van der Waals surface area contributed by atoms with Crippen molar-refractivity contribution in [3.63, 3.8) is 0 Å². The maximum atomic E-state index is 13.1. The Balaban J connectivity index is 1.34. The van der Waals surface area contributed by atoms with E-state index in [0.717, 1.165) is 56.7 Å². The van der Waals surface area contributed by atoms with Gasteiger partial charge in [0.15, 0.2) is 5.12 Å². The number of aliphatic carboxylic acids is 2. The fourth-order valence-electron chi connectivity index (χ4n) is 10.8. The van der Waals surface area contributed by atoms with Gasteiger partial charge in [-0.15, -0.1) is 0 Å². The number of hydrogen-bond donors (Lipinski definition) is 7. The molecule has 49 heavy (non-hydrogen) atoms. The molecule has 0 bridgehead atoms. The number of nitrogens with one attached hydrogen (secondary N) is 2. The molecule has 0 aliphatic heterocycles. The molecule has 13 heteroatoms. The number of aliphatic hydroxyl groups is 2. The maximum Gasteiger partial charge on any atom is 0.322 e. The lowest BCUT2D eigenvalue weighted by Gasteiger charge is -2.63. The Morgan fingerprint density at radius 3 is 2.31 bits per heavy atom. The summed E-state index contributed by atoms with van der Waals surface area (Å²) in [6, 6.07) is -2.40. The van der Waals surface area contributed by atoms with Crippen molar-refractivity contribution in [3.8, 4) is 0 Å². The van der Waals surface area contributed by atoms with Crippen LogP contribution in [-0.2, 0) is 24.0 Å². The summed E-state index contributed by atoms with van der Waals surface area (Å²) in [7, 11) is 0. The van der Waals surface area contributed by atoms with Crippen molar-refractivity contribution in [1.82, 2.24) is 10.6 Å². The van der Waals surface area contributed by atoms with Crippen LogP contribution in [0.25, 0.3) is 0 Å². The first-order valence-electron chi connectivity index (χ1n) is 18.3. The van der Waals surface area contributed by atoms with Gasteiger partial charge in [0.25, 0.3) is 0 Å². The van der Waals surface area contributed by atoms with E-state index in [-0.39, 0.29) is 47.3 Å². The number of aliphatic hydroxyl groups excluding tert-OH is 2. The molecule has 0 heterocycles. The molecule has 2 amide bonds. The number of fused-ring (bicyclic) bond motifs is 5. The quantitative estimate of drug-likeness (QED) is 0.124. The molecule has 0 spiro atoms. The van der Waals surface area contributed by atoms with Crippen molar-refractivity contribution in [2.24, 2.45) is 58.0 Å². The van der Waals surface area contributed by atoms with Crippen molar-refractivity contribution in [1.29, 1.82) is 0 Å². The molecule has 0 radical (unpaired) electrons. The highest BCUT2D eigenvalue weighted by atomic mass is 32.2. The first kappa shape index (κ1) is 39.6. The molecule has 6 unspecified atom stereocenters. The molecule has 0 saturated heterocycles. The van der Waals surface area contributed by atoms with Gasteiger partial charge in [0.2, 0.25) is 11.8 Å². The summed E-state index contributed by atoms with van der Waals surface area (Å²) >= 11 is 0.933. The average molecular weight is 710 g/mol. The molecule has 4 rings (SSSR count). The summed E-state index contributed by atoms with van der Waals surface area (Å²) in [5, 5.41) is 43.1. The van der Waals surface area contributed by atoms with Gasteiger partial charge in [-0.2, -0.15) is 0 Å². The standard InChI is InChI=1S/C36H59N3O9S/c1-20(4-9-31(45)49-19-28(33(46)38-18-30(43)44)39-29(42)8-7-27(37)34(47)48)24-5-6-25-32-21(12-15-40)16-22-17-23(41)10-13-35(22,2)26(32)11-14-36(24,25)3/h20-28,32,40-41H,4-19,37H2,1-3H3,(H,38,46)(H,39,42)(H,43,44)(H,47,48)/t20-,21?,22-,23-,24-,25?,26?,27?,28?,32?,35+,36-/m1/s1. The van der Waals surface area contributed by atoms with Gasteiger partial charge in [-0.05, 0) is 123 Å². The van der Waals surface area contributed by atoms with Crippen LogP contribution in [0.15, 0.2) is 0 Å². The van der Waals surface area contributed by atoms with E-state index in [4.69, 9.17) is 15.9 Å². The zero-order chi connectivity index (χ0) is 36.1. The van der Waals surface area contributed by atoms with Gasteiger partial charge in [-0.3, -0.25) is 24.0 Å². The smallest absolute Gasteiger partial charge is 0.322 e. The fraction of sp³-hybridized carbons (Fsp3) is 0.861. The second-order valence-corrected chi connectivity index (χ2v) is 17.1. The molecule has 12 atom stereocenters. The minimum absolute atomic E-state index is 0.0787. The van der Waals surface area contributed by atoms with E-state index in [0.29, 0.717) is 54.3 Å². The summed E-state index contributed by atoms with van der Waals surface area (Å²) in [5.74, 6) is -0.347. The largest absolute Gasteiger partial charge is 0.480 e. The van der Waals surface area contributed by atoms with E-state index in [2.05, 4.69) is 31.4 Å². The van der Waals surface area contributed by atoms with E-state index in [1.54, 1.807) is 0 Å². The van der Waals surface area contributed by atoms with Crippen molar-refractivity contribution < 1.29 is 44.4 Å². The van der Waals surface area contributed by atoms with Gasteiger partial charge in [0.05, 0.1) is 6.10 Å². The first-order valence-corrected chi connectivity index (χ1v) is 19.3. The zero-order valence-electron chi connectivity index (χ0n) is 29.4. The maximum absolute atomic E-state index is 13.1. The third-order valence-electron chi connectivity index (χ3n) is 13.4. The highest BCUT2D eigenvalue weighted by Crippen LogP contribution is 2.69. The van der Waals surface area contributed by atoms with Crippen LogP contribution in [0.4, 0.5) is 0 Å². The molecule has 4 aliphatic rings. The van der Waals surface area contributed by atoms with Crippen LogP contribution in [0.3, 0.4) is 0 Å². The molecule has 278 valence electrons. The van der Waals surface area contributed by atoms with E-state index in [9.17, 15) is 34.2 Å². The Kier molecular flexibility index (Phi) is 13.6. The lowest BCUT2D eigenvalue weighted by molar-refractivity contribution is -0.156. The second kappa shape index (κ2) is 16.9. The van der Waals surface area contributed by atoms with E-state index in [1.165, 1.54) is 12.8 Å². The number of carboxylic acid groups (broad SMARTS) is 2. The van der Waals surface area contributed by atoms with Gasteiger partial charge < -0.3 is 36.8 Å². The lowest BCUT2D eigenvalue weighted by Crippen LogP contribution is -2.57. The van der Waals surface area contributed by atoms with Crippen LogP contribution in [0.2, 0.25) is 0 Å². The average Bonchev–Trinajstić information content (AvgIpc) is 3.41. The molecule has 4 fully saturated rings. The van der Waals surface area contributed by atoms with Gasteiger partial charge in [-0.1, -0.05) is 32.5 Å². The molecule has 0 aromatic carbocycles. The Bertz CT molecular complexity index is 1220. The van der Waals surface area contributed by atoms with Crippen molar-refractivity contribution in [3.05, 3.63) is 0 Å². The van der Waals surface area contributed by atoms with Gasteiger partial charge >= 0.3 is 11.9 Å². The topological polar surface area (TPSA) is 216 Å². The number of carboxylic acids is 2. The normalized spacial score (nSPS) is 35.5. The predicted molar refractivity (Wildman–Crippen MR) is 185 cm³/mol. The molecular formula is C36H59N3O9S. The first-order chi connectivity index (χ1) is 23.1. The van der Waals surface area contributed by atoms with Crippen molar-refractivity contribution in [2.45, 2.75) is 122 Å². The van der Waals surface area contributed by atoms with E-state index < -0.39 is 42.4 Å². The van der Waals surface area contributed by atoms with Crippen LogP contribution >= 0.6 is 11.8 Å². The number of carbonyl (C=O) groups excluding carboxylic acids is 3. The molecule has 0 aromatic heterocycles. The molecule has 0 aromatic rings. The summed E-state index contributed by atoms with van der Waals surface area (Å²) in [6.07, 6.45) is 9.87. The predicted octanol–water partition coefficient (Wildman–Crippen LogP) is 3.17. The summed E-state index contributed by atoms with van der Waals surface area (Å²) in [4.78, 5) is 60.2. The van der Waals surface area contributed by atoms with Crippen LogP contribution in [0.5, 0.6) is 0 Å². The van der Waals surface area contributed by atoms with Crippen LogP contribution in [0, 0.1) is 52.3 Å². The number of amides is 2. The minimum Gasteiger partial charge on any atom is -0.480 e. The van der Waals surface area contributed by atoms with Crippen LogP contribution < -0.4 is 16.4 Å². The third kappa shape index (κ3) is 9.18. The van der Waals surface area contributed by atoms with Gasteiger partial charge in [-0.25, -0.2) is 0 Å². The van der Waals surface area contributed by atoms with Gasteiger partial charge in [0.1, 0.15) is 18.6 Å². The van der Waals surface area contributed by atoms with E-state index >= 15 is 0 Å². The molecule has 4 saturated carbocycles. The number of carbonyl (C=O) groups is 5. The van der Waals surface area contributed by atoms with Gasteiger partial charge in [0, 0.05) is 25.2 Å². The Labute approximate surface area is 294 Å². The van der Waals surface area contributed by atoms with E-state index in [1.807, 2.05) is 0 Å². The zero-order valence-corrected chi connectivity index (χ0v) is 30.2. The Hall–Kier alpha value is -2.22. The van der Waals surface area contributed by atoms with Crippen LogP contribution in [0.1, 0.15) is 104 Å². The SMILES string of the molecule is C[C@H](CCC(=O)SCC(NC(=O)CCC(N)C(=O)O)C(=O)NCC(=O)O)[C@H]1CCC2C3C(CCO)C[C@@H]4C[C@H](O)CC[C@]4(C)C3CC[C@@]21C.